The number of hydrogen-bond donors (Lipinski definition) is 2. The molecule has 0 bridgehead atoms. The van der Waals surface area contributed by atoms with Crippen LogP contribution in [0.4, 0.5) is 0 Å². The molecule has 1 atom stereocenters. The summed E-state index contributed by atoms with van der Waals surface area (Å²) in [5.74, 6) is -1.62. The molecule has 1 aliphatic rings. The quantitative estimate of drug-likeness (QED) is 0.354. The van der Waals surface area contributed by atoms with Crippen LogP contribution in [-0.2, 0) is 9.59 Å². The van der Waals surface area contributed by atoms with E-state index in [4.69, 9.17) is 4.74 Å². The fraction of sp³-hybridized carbons (Fsp3) is 0.360. The van der Waals surface area contributed by atoms with Crippen LogP contribution in [0.1, 0.15) is 37.4 Å². The fourth-order valence-corrected chi connectivity index (χ4v) is 4.08. The minimum atomic E-state index is -0.755. The molecule has 0 radical (unpaired) electrons. The van der Waals surface area contributed by atoms with E-state index in [1.54, 1.807) is 6.07 Å². The Bertz CT molecular complexity index is 999. The van der Waals surface area contributed by atoms with E-state index >= 15 is 0 Å². The maximum atomic E-state index is 13.0. The van der Waals surface area contributed by atoms with Gasteiger partial charge in [-0.1, -0.05) is 44.2 Å². The Labute approximate surface area is 188 Å². The number of ketones is 1. The van der Waals surface area contributed by atoms with Gasteiger partial charge in [-0.15, -0.1) is 0 Å². The van der Waals surface area contributed by atoms with Gasteiger partial charge >= 0.3 is 0 Å². The predicted octanol–water partition coefficient (Wildman–Crippen LogP) is 3.55. The number of nitrogens with zero attached hydrogens (tertiary/aromatic N) is 2. The monoisotopic (exact) mass is 438 g/mol. The lowest BCUT2D eigenvalue weighted by Crippen LogP contribution is -2.33. The first-order valence-corrected chi connectivity index (χ1v) is 10.9. The van der Waals surface area contributed by atoms with Gasteiger partial charge in [-0.3, -0.25) is 9.59 Å². The zero-order valence-corrected chi connectivity index (χ0v) is 18.7. The van der Waals surface area contributed by atoms with Gasteiger partial charge < -0.3 is 24.7 Å². The SMILES string of the molecule is CCN(CC)CCCN1C(=O)C(=O)C(=C(O)c2ccc(OC)cc2O)[C@H]1c1ccccc1. The zero-order chi connectivity index (χ0) is 23.3. The molecule has 1 fully saturated rings. The number of rotatable bonds is 9. The number of phenolic OH excluding ortho intramolecular Hbond substituents is 1. The lowest BCUT2D eigenvalue weighted by atomic mass is 9.95. The molecule has 1 amide bonds. The van der Waals surface area contributed by atoms with E-state index in [9.17, 15) is 19.8 Å². The number of aromatic hydroxyl groups is 1. The molecule has 0 aliphatic carbocycles. The van der Waals surface area contributed by atoms with E-state index in [0.29, 0.717) is 18.7 Å². The number of Topliss-reactive ketones (excluding diaryl/α,β-unsaturated/α-hetero) is 1. The van der Waals surface area contributed by atoms with Gasteiger partial charge in [-0.05, 0) is 43.8 Å². The molecule has 0 spiro atoms. The van der Waals surface area contributed by atoms with Crippen molar-refractivity contribution in [2.45, 2.75) is 26.3 Å². The Hall–Kier alpha value is -3.32. The molecule has 170 valence electrons. The molecular weight excluding hydrogens is 408 g/mol. The third-order valence-electron chi connectivity index (χ3n) is 5.88. The fourth-order valence-electron chi connectivity index (χ4n) is 4.08. The first-order chi connectivity index (χ1) is 15.4. The lowest BCUT2D eigenvalue weighted by Gasteiger charge is -2.26. The van der Waals surface area contributed by atoms with Crippen molar-refractivity contribution in [3.8, 4) is 11.5 Å². The number of amides is 1. The van der Waals surface area contributed by atoms with Crippen molar-refractivity contribution < 1.29 is 24.5 Å². The average Bonchev–Trinajstić information content (AvgIpc) is 3.06. The highest BCUT2D eigenvalue weighted by Crippen LogP contribution is 2.41. The van der Waals surface area contributed by atoms with Gasteiger partial charge in [0.1, 0.15) is 17.3 Å². The highest BCUT2D eigenvalue weighted by atomic mass is 16.5. The van der Waals surface area contributed by atoms with Crippen molar-refractivity contribution >= 4 is 17.4 Å². The number of aliphatic hydroxyl groups is 1. The van der Waals surface area contributed by atoms with Crippen molar-refractivity contribution in [1.29, 1.82) is 0 Å². The standard InChI is InChI=1S/C25H30N2O5/c1-4-26(5-2)14-9-15-27-22(17-10-7-6-8-11-17)21(24(30)25(27)31)23(29)19-13-12-18(32-3)16-20(19)28/h6-8,10-13,16,22,28-29H,4-5,9,14-15H2,1-3H3/t22-/m1/s1. The normalized spacial score (nSPS) is 17.9. The van der Waals surface area contributed by atoms with Crippen LogP contribution in [0.25, 0.3) is 5.76 Å². The highest BCUT2D eigenvalue weighted by molar-refractivity contribution is 6.46. The average molecular weight is 439 g/mol. The molecule has 2 N–H and O–H groups in total. The summed E-state index contributed by atoms with van der Waals surface area (Å²) >= 11 is 0. The van der Waals surface area contributed by atoms with Crippen LogP contribution in [0.3, 0.4) is 0 Å². The minimum absolute atomic E-state index is 0.0236. The molecule has 0 unspecified atom stereocenters. The van der Waals surface area contributed by atoms with E-state index in [-0.39, 0.29) is 16.9 Å². The van der Waals surface area contributed by atoms with Crippen LogP contribution in [0, 0.1) is 0 Å². The van der Waals surface area contributed by atoms with Crippen LogP contribution in [-0.4, -0.2) is 65.0 Å². The minimum Gasteiger partial charge on any atom is -0.507 e. The largest absolute Gasteiger partial charge is 0.507 e. The Kier molecular flexibility index (Phi) is 7.53. The van der Waals surface area contributed by atoms with E-state index in [2.05, 4.69) is 18.7 Å². The van der Waals surface area contributed by atoms with Gasteiger partial charge in [0.15, 0.2) is 0 Å². The smallest absolute Gasteiger partial charge is 0.295 e. The third-order valence-corrected chi connectivity index (χ3v) is 5.88. The predicted molar refractivity (Wildman–Crippen MR) is 123 cm³/mol. The highest BCUT2D eigenvalue weighted by Gasteiger charge is 2.46. The number of methoxy groups -OCH3 is 1. The van der Waals surface area contributed by atoms with Crippen LogP contribution >= 0.6 is 0 Å². The van der Waals surface area contributed by atoms with Crippen LogP contribution in [0.2, 0.25) is 0 Å². The molecule has 1 aliphatic heterocycles. The number of ether oxygens (including phenoxy) is 1. The Morgan fingerprint density at radius 2 is 1.78 bits per heavy atom. The molecule has 7 heteroatoms. The number of carbonyl (C=O) groups is 2. The summed E-state index contributed by atoms with van der Waals surface area (Å²) in [6.07, 6.45) is 0.700. The number of benzene rings is 2. The molecule has 0 aromatic heterocycles. The van der Waals surface area contributed by atoms with E-state index in [1.807, 2.05) is 30.3 Å². The topological polar surface area (TPSA) is 90.3 Å². The van der Waals surface area contributed by atoms with Gasteiger partial charge in [0.2, 0.25) is 0 Å². The van der Waals surface area contributed by atoms with Crippen LogP contribution in [0.15, 0.2) is 54.1 Å². The second-order valence-electron chi connectivity index (χ2n) is 7.67. The molecule has 1 saturated heterocycles. The summed E-state index contributed by atoms with van der Waals surface area (Å²) in [6.45, 7) is 7.17. The summed E-state index contributed by atoms with van der Waals surface area (Å²) < 4.78 is 5.09. The van der Waals surface area contributed by atoms with Crippen LogP contribution < -0.4 is 4.74 Å². The van der Waals surface area contributed by atoms with E-state index in [0.717, 1.165) is 25.2 Å². The molecule has 3 rings (SSSR count). The maximum Gasteiger partial charge on any atom is 0.295 e. The Morgan fingerprint density at radius 1 is 1.09 bits per heavy atom. The second-order valence-corrected chi connectivity index (χ2v) is 7.67. The summed E-state index contributed by atoms with van der Waals surface area (Å²) in [5, 5.41) is 21.5. The Morgan fingerprint density at radius 3 is 2.38 bits per heavy atom. The second kappa shape index (κ2) is 10.3. The maximum absolute atomic E-state index is 13.0. The van der Waals surface area contributed by atoms with E-state index < -0.39 is 23.5 Å². The number of phenols is 1. The summed E-state index contributed by atoms with van der Waals surface area (Å²) in [7, 11) is 1.47. The molecule has 2 aromatic rings. The molecule has 32 heavy (non-hydrogen) atoms. The number of aliphatic hydroxyl groups excluding tert-OH is 1. The molecular formula is C25H30N2O5. The molecule has 1 heterocycles. The summed E-state index contributed by atoms with van der Waals surface area (Å²) in [4.78, 5) is 29.8. The molecule has 2 aromatic carbocycles. The Balaban J connectivity index is 2.03. The van der Waals surface area contributed by atoms with Gasteiger partial charge in [0, 0.05) is 12.6 Å². The van der Waals surface area contributed by atoms with Gasteiger partial charge in [-0.2, -0.15) is 0 Å². The first kappa shape index (κ1) is 23.3. The third kappa shape index (κ3) is 4.62. The van der Waals surface area contributed by atoms with Crippen molar-refractivity contribution in [2.75, 3.05) is 33.3 Å². The van der Waals surface area contributed by atoms with Crippen LogP contribution in [0.5, 0.6) is 11.5 Å². The van der Waals surface area contributed by atoms with Crippen molar-refractivity contribution in [3.05, 3.63) is 65.2 Å². The van der Waals surface area contributed by atoms with Gasteiger partial charge in [0.05, 0.1) is 24.3 Å². The van der Waals surface area contributed by atoms with E-state index in [1.165, 1.54) is 24.1 Å². The number of hydrogen-bond acceptors (Lipinski definition) is 6. The van der Waals surface area contributed by atoms with Crippen molar-refractivity contribution in [2.24, 2.45) is 0 Å². The summed E-state index contributed by atoms with van der Waals surface area (Å²) in [6, 6.07) is 12.8. The lowest BCUT2D eigenvalue weighted by molar-refractivity contribution is -0.140. The number of carbonyl (C=O) groups excluding carboxylic acids is 2. The zero-order valence-electron chi connectivity index (χ0n) is 18.7. The first-order valence-electron chi connectivity index (χ1n) is 10.9. The van der Waals surface area contributed by atoms with Gasteiger partial charge in [-0.25, -0.2) is 0 Å². The molecule has 0 saturated carbocycles. The van der Waals surface area contributed by atoms with Gasteiger partial charge in [0.25, 0.3) is 11.7 Å². The van der Waals surface area contributed by atoms with Crippen molar-refractivity contribution in [3.63, 3.8) is 0 Å². The molecule has 7 nitrogen and oxygen atoms in total. The summed E-state index contributed by atoms with van der Waals surface area (Å²) in [5.41, 5.74) is 0.779. The number of likely N-dealkylation sites (tertiary alicyclic amines) is 1. The van der Waals surface area contributed by atoms with Crippen molar-refractivity contribution in [1.82, 2.24) is 9.80 Å².